The maximum Gasteiger partial charge on any atom is 0.225 e. The number of nitrogens with zero attached hydrogens (tertiary/aromatic N) is 1. The van der Waals surface area contributed by atoms with E-state index in [1.165, 1.54) is 6.07 Å². The minimum absolute atomic E-state index is 0.00146. The Labute approximate surface area is 145 Å². The Balaban J connectivity index is 1.70. The van der Waals surface area contributed by atoms with Crippen LogP contribution in [-0.4, -0.2) is 48.9 Å². The molecule has 3 unspecified atom stereocenters. The van der Waals surface area contributed by atoms with Gasteiger partial charge in [0.05, 0.1) is 5.92 Å². The Bertz CT molecular complexity index is 668. The quantitative estimate of drug-likeness (QED) is 0.862. The lowest BCUT2D eigenvalue weighted by molar-refractivity contribution is -0.129. The van der Waals surface area contributed by atoms with Crippen LogP contribution in [0.5, 0.6) is 0 Å². The van der Waals surface area contributed by atoms with E-state index in [0.717, 1.165) is 19.0 Å². The molecule has 2 heterocycles. The Morgan fingerprint density at radius 1 is 1.36 bits per heavy atom. The van der Waals surface area contributed by atoms with E-state index < -0.39 is 11.6 Å². The Morgan fingerprint density at radius 2 is 2.16 bits per heavy atom. The minimum Gasteiger partial charge on any atom is -0.351 e. The summed E-state index contributed by atoms with van der Waals surface area (Å²) in [4.78, 5) is 26.1. The maximum absolute atomic E-state index is 13.6. The van der Waals surface area contributed by atoms with Crippen LogP contribution in [0.3, 0.4) is 0 Å². The zero-order valence-electron chi connectivity index (χ0n) is 14.2. The van der Waals surface area contributed by atoms with Gasteiger partial charge in [0.1, 0.15) is 0 Å². The Kier molecular flexibility index (Phi) is 5.32. The van der Waals surface area contributed by atoms with Gasteiger partial charge in [-0.3, -0.25) is 9.59 Å². The molecule has 1 aromatic carbocycles. The molecule has 0 spiro atoms. The molecule has 2 saturated heterocycles. The number of halogens is 2. The highest BCUT2D eigenvalue weighted by Gasteiger charge is 2.36. The lowest BCUT2D eigenvalue weighted by Gasteiger charge is -2.34. The van der Waals surface area contributed by atoms with Gasteiger partial charge in [0.15, 0.2) is 11.6 Å². The van der Waals surface area contributed by atoms with Gasteiger partial charge in [0.2, 0.25) is 11.8 Å². The third-order valence-corrected chi connectivity index (χ3v) is 5.15. The molecular weight excluding hydrogens is 328 g/mol. The molecular formula is C18H23F2N3O2. The number of piperidine rings is 1. The molecule has 25 heavy (non-hydrogen) atoms. The van der Waals surface area contributed by atoms with Gasteiger partial charge in [0.25, 0.3) is 0 Å². The van der Waals surface area contributed by atoms with E-state index in [9.17, 15) is 18.4 Å². The van der Waals surface area contributed by atoms with Crippen LogP contribution in [0.15, 0.2) is 18.2 Å². The number of carbonyl (C=O) groups is 2. The van der Waals surface area contributed by atoms with Crippen molar-refractivity contribution in [1.82, 2.24) is 15.5 Å². The number of hydrogen-bond acceptors (Lipinski definition) is 3. The molecule has 2 aliphatic rings. The first-order chi connectivity index (χ1) is 12.0. The molecule has 2 aliphatic heterocycles. The third-order valence-electron chi connectivity index (χ3n) is 5.15. The van der Waals surface area contributed by atoms with E-state index in [-0.39, 0.29) is 36.1 Å². The fraction of sp³-hybridized carbons (Fsp3) is 0.556. The van der Waals surface area contributed by atoms with Crippen molar-refractivity contribution < 1.29 is 18.4 Å². The Hall–Kier alpha value is -2.02. The molecule has 0 aromatic heterocycles. The summed E-state index contributed by atoms with van der Waals surface area (Å²) in [6.07, 6.45) is 0.955. The van der Waals surface area contributed by atoms with Crippen molar-refractivity contribution in [3.05, 3.63) is 35.4 Å². The average Bonchev–Trinajstić information content (AvgIpc) is 2.99. The second kappa shape index (κ2) is 7.47. The second-order valence-electron chi connectivity index (χ2n) is 6.72. The summed E-state index contributed by atoms with van der Waals surface area (Å²) >= 11 is 0. The van der Waals surface area contributed by atoms with Crippen molar-refractivity contribution in [2.75, 3.05) is 26.2 Å². The van der Waals surface area contributed by atoms with Crippen molar-refractivity contribution >= 4 is 11.8 Å². The number of benzene rings is 1. The Morgan fingerprint density at radius 3 is 2.84 bits per heavy atom. The zero-order chi connectivity index (χ0) is 18.0. The van der Waals surface area contributed by atoms with Gasteiger partial charge < -0.3 is 15.5 Å². The standard InChI is InChI=1S/C18H23F2N3O2/c1-2-23-10-12(8-17(23)24)18(25)22-16-9-21-6-5-13(16)11-3-4-14(19)15(20)7-11/h3-4,7,12-13,16,21H,2,5-6,8-10H2,1H3,(H,22,25). The number of amides is 2. The van der Waals surface area contributed by atoms with Crippen LogP contribution in [0, 0.1) is 17.6 Å². The van der Waals surface area contributed by atoms with Gasteiger partial charge in [-0.15, -0.1) is 0 Å². The first kappa shape index (κ1) is 17.8. The molecule has 136 valence electrons. The fourth-order valence-corrected chi connectivity index (χ4v) is 3.71. The zero-order valence-corrected chi connectivity index (χ0v) is 14.2. The highest BCUT2D eigenvalue weighted by Crippen LogP contribution is 2.28. The molecule has 0 bridgehead atoms. The lowest BCUT2D eigenvalue weighted by Crippen LogP contribution is -2.51. The molecule has 5 nitrogen and oxygen atoms in total. The molecule has 3 rings (SSSR count). The van der Waals surface area contributed by atoms with Gasteiger partial charge in [-0.2, -0.15) is 0 Å². The number of likely N-dealkylation sites (tertiary alicyclic amines) is 1. The van der Waals surface area contributed by atoms with Crippen LogP contribution in [0.25, 0.3) is 0 Å². The van der Waals surface area contributed by atoms with Crippen LogP contribution in [0.2, 0.25) is 0 Å². The van der Waals surface area contributed by atoms with E-state index in [1.54, 1.807) is 11.0 Å². The summed E-state index contributed by atoms with van der Waals surface area (Å²) < 4.78 is 26.8. The van der Waals surface area contributed by atoms with Crippen LogP contribution in [-0.2, 0) is 9.59 Å². The molecule has 7 heteroatoms. The van der Waals surface area contributed by atoms with Crippen molar-refractivity contribution in [3.63, 3.8) is 0 Å². The molecule has 0 saturated carbocycles. The summed E-state index contributed by atoms with van der Waals surface area (Å²) in [5.41, 5.74) is 0.684. The van der Waals surface area contributed by atoms with Gasteiger partial charge in [-0.25, -0.2) is 8.78 Å². The van der Waals surface area contributed by atoms with Crippen LogP contribution in [0.4, 0.5) is 8.78 Å². The van der Waals surface area contributed by atoms with E-state index in [4.69, 9.17) is 0 Å². The number of hydrogen-bond donors (Lipinski definition) is 2. The van der Waals surface area contributed by atoms with Gasteiger partial charge in [-0.1, -0.05) is 6.07 Å². The summed E-state index contributed by atoms with van der Waals surface area (Å²) in [6.45, 7) is 4.25. The lowest BCUT2D eigenvalue weighted by atomic mass is 9.85. The first-order valence-electron chi connectivity index (χ1n) is 8.73. The summed E-state index contributed by atoms with van der Waals surface area (Å²) in [5.74, 6) is -2.32. The SMILES string of the molecule is CCN1CC(C(=O)NC2CNCCC2c2ccc(F)c(F)c2)CC1=O. The normalized spacial score (nSPS) is 26.8. The van der Waals surface area contributed by atoms with Crippen LogP contribution < -0.4 is 10.6 Å². The molecule has 2 fully saturated rings. The van der Waals surface area contributed by atoms with Gasteiger partial charge in [0, 0.05) is 38.0 Å². The topological polar surface area (TPSA) is 61.4 Å². The van der Waals surface area contributed by atoms with Crippen molar-refractivity contribution in [1.29, 1.82) is 0 Å². The molecule has 0 radical (unpaired) electrons. The van der Waals surface area contributed by atoms with Crippen LogP contribution in [0.1, 0.15) is 31.2 Å². The van der Waals surface area contributed by atoms with Crippen molar-refractivity contribution in [2.45, 2.75) is 31.7 Å². The van der Waals surface area contributed by atoms with Gasteiger partial charge >= 0.3 is 0 Å². The third kappa shape index (κ3) is 3.81. The molecule has 2 N–H and O–H groups in total. The number of nitrogens with one attached hydrogen (secondary N) is 2. The molecule has 2 amide bonds. The molecule has 3 atom stereocenters. The van der Waals surface area contributed by atoms with E-state index in [0.29, 0.717) is 25.2 Å². The smallest absolute Gasteiger partial charge is 0.225 e. The first-order valence-corrected chi connectivity index (χ1v) is 8.73. The predicted octanol–water partition coefficient (Wildman–Crippen LogP) is 1.39. The summed E-state index contributed by atoms with van der Waals surface area (Å²) in [6, 6.07) is 3.70. The fourth-order valence-electron chi connectivity index (χ4n) is 3.71. The highest BCUT2D eigenvalue weighted by atomic mass is 19.2. The maximum atomic E-state index is 13.6. The largest absolute Gasteiger partial charge is 0.351 e. The van der Waals surface area contributed by atoms with E-state index >= 15 is 0 Å². The minimum atomic E-state index is -0.874. The van der Waals surface area contributed by atoms with Gasteiger partial charge in [-0.05, 0) is 37.6 Å². The predicted molar refractivity (Wildman–Crippen MR) is 88.9 cm³/mol. The average molecular weight is 351 g/mol. The highest BCUT2D eigenvalue weighted by molar-refractivity contribution is 5.89. The summed E-state index contributed by atoms with van der Waals surface area (Å²) in [5, 5.41) is 6.24. The molecule has 0 aliphatic carbocycles. The molecule has 1 aromatic rings. The second-order valence-corrected chi connectivity index (χ2v) is 6.72. The van der Waals surface area contributed by atoms with Crippen LogP contribution >= 0.6 is 0 Å². The van der Waals surface area contributed by atoms with Crippen molar-refractivity contribution in [2.24, 2.45) is 5.92 Å². The number of rotatable bonds is 4. The number of carbonyl (C=O) groups excluding carboxylic acids is 2. The van der Waals surface area contributed by atoms with E-state index in [2.05, 4.69) is 10.6 Å². The monoisotopic (exact) mass is 351 g/mol. The van der Waals surface area contributed by atoms with E-state index in [1.807, 2.05) is 6.92 Å². The van der Waals surface area contributed by atoms with Crippen molar-refractivity contribution in [3.8, 4) is 0 Å². The summed E-state index contributed by atoms with van der Waals surface area (Å²) in [7, 11) is 0.